The first-order valence-electron chi connectivity index (χ1n) is 11.5. The van der Waals surface area contributed by atoms with Crippen LogP contribution in [0.3, 0.4) is 0 Å². The van der Waals surface area contributed by atoms with E-state index in [1.807, 2.05) is 42.5 Å². The molecule has 4 amide bonds. The molecule has 9 heteroatoms. The Morgan fingerprint density at radius 2 is 1.86 bits per heavy atom. The zero-order valence-electron chi connectivity index (χ0n) is 19.9. The van der Waals surface area contributed by atoms with Crippen LogP contribution in [0, 0.1) is 0 Å². The molecular formula is C27H26N4O5. The van der Waals surface area contributed by atoms with E-state index >= 15 is 0 Å². The molecule has 0 bridgehead atoms. The molecule has 0 saturated heterocycles. The molecule has 0 spiro atoms. The van der Waals surface area contributed by atoms with Gasteiger partial charge in [0.2, 0.25) is 5.91 Å². The van der Waals surface area contributed by atoms with Crippen molar-refractivity contribution < 1.29 is 23.5 Å². The number of urea groups is 1. The van der Waals surface area contributed by atoms with Crippen molar-refractivity contribution in [1.82, 2.24) is 20.4 Å². The summed E-state index contributed by atoms with van der Waals surface area (Å²) in [5.74, 6) is 0.631. The topological polar surface area (TPSA) is 104 Å². The Morgan fingerprint density at radius 1 is 1.11 bits per heavy atom. The minimum atomic E-state index is -0.890. The zero-order chi connectivity index (χ0) is 25.2. The fraction of sp³-hybridized carbons (Fsp3) is 0.222. The number of carbonyl (C=O) groups excluding carboxylic acids is 3. The maximum atomic E-state index is 13.9. The molecule has 0 aliphatic carbocycles. The highest BCUT2D eigenvalue weighted by molar-refractivity contribution is 6.03. The third kappa shape index (κ3) is 4.19. The van der Waals surface area contributed by atoms with Crippen LogP contribution < -0.4 is 15.4 Å². The van der Waals surface area contributed by atoms with Gasteiger partial charge in [0.1, 0.15) is 17.6 Å². The van der Waals surface area contributed by atoms with E-state index < -0.39 is 12.1 Å². The summed E-state index contributed by atoms with van der Waals surface area (Å²) in [6.45, 7) is 0.317. The molecule has 2 N–H and O–H groups in total. The largest absolute Gasteiger partial charge is 0.497 e. The Balaban J connectivity index is 1.48. The van der Waals surface area contributed by atoms with Crippen molar-refractivity contribution in [2.75, 3.05) is 20.7 Å². The second kappa shape index (κ2) is 9.61. The lowest BCUT2D eigenvalue weighted by molar-refractivity contribution is -0.136. The van der Waals surface area contributed by atoms with Gasteiger partial charge in [-0.25, -0.2) is 4.79 Å². The number of benzene rings is 2. The Hall–Kier alpha value is -4.53. The van der Waals surface area contributed by atoms with Crippen molar-refractivity contribution >= 4 is 17.8 Å². The van der Waals surface area contributed by atoms with Crippen LogP contribution in [0.15, 0.2) is 88.7 Å². The number of nitrogens with one attached hydrogen (secondary N) is 2. The SMILES string of the molecule is COc1ccc([C@@H]2NC(=O)N(C)C3=C2C(=O)N([C@H](C(=O)NCc2ccco2)c2ccccc2)C3)cc1. The maximum absolute atomic E-state index is 13.9. The molecule has 5 rings (SSSR count). The van der Waals surface area contributed by atoms with Gasteiger partial charge in [-0.05, 0) is 35.4 Å². The summed E-state index contributed by atoms with van der Waals surface area (Å²) in [7, 11) is 3.20. The maximum Gasteiger partial charge on any atom is 0.322 e. The summed E-state index contributed by atoms with van der Waals surface area (Å²) in [5.41, 5.74) is 2.44. The van der Waals surface area contributed by atoms with Gasteiger partial charge in [-0.2, -0.15) is 0 Å². The summed E-state index contributed by atoms with van der Waals surface area (Å²) in [6.07, 6.45) is 1.54. The van der Waals surface area contributed by atoms with Gasteiger partial charge in [0.25, 0.3) is 5.91 Å². The average Bonchev–Trinajstić information content (AvgIpc) is 3.54. The average molecular weight is 487 g/mol. The van der Waals surface area contributed by atoms with Crippen LogP contribution in [0.5, 0.6) is 5.75 Å². The normalized spacial score (nSPS) is 18.1. The second-order valence-corrected chi connectivity index (χ2v) is 8.62. The fourth-order valence-electron chi connectivity index (χ4n) is 4.64. The van der Waals surface area contributed by atoms with Gasteiger partial charge in [0.05, 0.1) is 43.8 Å². The van der Waals surface area contributed by atoms with Crippen LogP contribution in [0.4, 0.5) is 4.79 Å². The van der Waals surface area contributed by atoms with Crippen molar-refractivity contribution in [3.8, 4) is 5.75 Å². The Bertz CT molecular complexity index is 1300. The van der Waals surface area contributed by atoms with E-state index in [4.69, 9.17) is 9.15 Å². The number of nitrogens with zero attached hydrogens (tertiary/aromatic N) is 2. The molecule has 3 aromatic rings. The van der Waals surface area contributed by atoms with Crippen molar-refractivity contribution in [3.63, 3.8) is 0 Å². The predicted molar refractivity (Wildman–Crippen MR) is 131 cm³/mol. The van der Waals surface area contributed by atoms with Gasteiger partial charge >= 0.3 is 6.03 Å². The number of methoxy groups -OCH3 is 1. The second-order valence-electron chi connectivity index (χ2n) is 8.62. The van der Waals surface area contributed by atoms with Crippen LogP contribution in [0.2, 0.25) is 0 Å². The van der Waals surface area contributed by atoms with Crippen molar-refractivity contribution in [3.05, 3.63) is 101 Å². The quantitative estimate of drug-likeness (QED) is 0.534. The lowest BCUT2D eigenvalue weighted by Crippen LogP contribution is -2.45. The Morgan fingerprint density at radius 3 is 2.53 bits per heavy atom. The van der Waals surface area contributed by atoms with Gasteiger partial charge in [-0.1, -0.05) is 42.5 Å². The summed E-state index contributed by atoms with van der Waals surface area (Å²) in [6, 6.07) is 18.0. The van der Waals surface area contributed by atoms with Crippen molar-refractivity contribution in [2.24, 2.45) is 0 Å². The first kappa shape index (κ1) is 23.2. The van der Waals surface area contributed by atoms with E-state index in [1.165, 1.54) is 16.1 Å². The minimum Gasteiger partial charge on any atom is -0.497 e. The predicted octanol–water partition coefficient (Wildman–Crippen LogP) is 3.14. The van der Waals surface area contributed by atoms with Crippen LogP contribution in [0.1, 0.15) is 29.0 Å². The molecule has 2 aliphatic rings. The molecule has 1 aromatic heterocycles. The molecule has 3 heterocycles. The molecule has 0 fully saturated rings. The van der Waals surface area contributed by atoms with Crippen LogP contribution in [-0.2, 0) is 16.1 Å². The molecule has 184 valence electrons. The third-order valence-electron chi connectivity index (χ3n) is 6.53. The van der Waals surface area contributed by atoms with Crippen LogP contribution >= 0.6 is 0 Å². The lowest BCUT2D eigenvalue weighted by Gasteiger charge is -2.31. The summed E-state index contributed by atoms with van der Waals surface area (Å²) < 4.78 is 10.6. The van der Waals surface area contributed by atoms with Gasteiger partial charge < -0.3 is 24.7 Å². The number of hydrogen-bond acceptors (Lipinski definition) is 5. The van der Waals surface area contributed by atoms with Gasteiger partial charge in [0.15, 0.2) is 0 Å². The molecule has 36 heavy (non-hydrogen) atoms. The molecule has 2 aromatic carbocycles. The highest BCUT2D eigenvalue weighted by atomic mass is 16.5. The van der Waals surface area contributed by atoms with E-state index in [0.29, 0.717) is 28.3 Å². The van der Waals surface area contributed by atoms with Crippen LogP contribution in [-0.4, -0.2) is 48.3 Å². The van der Waals surface area contributed by atoms with Gasteiger partial charge in [-0.15, -0.1) is 0 Å². The molecule has 0 radical (unpaired) electrons. The number of rotatable bonds is 7. The monoisotopic (exact) mass is 486 g/mol. The molecule has 0 saturated carbocycles. The summed E-state index contributed by atoms with van der Waals surface area (Å²) >= 11 is 0. The number of hydrogen-bond donors (Lipinski definition) is 2. The van der Waals surface area contributed by atoms with E-state index in [0.717, 1.165) is 5.56 Å². The minimum absolute atomic E-state index is 0.123. The van der Waals surface area contributed by atoms with E-state index in [1.54, 1.807) is 38.4 Å². The molecule has 2 atom stereocenters. The molecule has 0 unspecified atom stereocenters. The van der Waals surface area contributed by atoms with E-state index in [9.17, 15) is 14.4 Å². The van der Waals surface area contributed by atoms with Crippen molar-refractivity contribution in [2.45, 2.75) is 18.6 Å². The van der Waals surface area contributed by atoms with E-state index in [-0.39, 0.29) is 30.9 Å². The summed E-state index contributed by atoms with van der Waals surface area (Å²) in [4.78, 5) is 43.1. The Kier molecular flexibility index (Phi) is 6.20. The first-order valence-corrected chi connectivity index (χ1v) is 11.5. The lowest BCUT2D eigenvalue weighted by atomic mass is 9.95. The number of carbonyl (C=O) groups is 3. The number of amides is 4. The fourth-order valence-corrected chi connectivity index (χ4v) is 4.64. The van der Waals surface area contributed by atoms with Gasteiger partial charge in [0, 0.05) is 7.05 Å². The third-order valence-corrected chi connectivity index (χ3v) is 6.53. The highest BCUT2D eigenvalue weighted by Crippen LogP contribution is 2.39. The zero-order valence-corrected chi connectivity index (χ0v) is 19.9. The molecular weight excluding hydrogens is 460 g/mol. The molecule has 2 aliphatic heterocycles. The first-order chi connectivity index (χ1) is 17.5. The number of likely N-dealkylation sites (N-methyl/N-ethyl adjacent to an activating group) is 1. The number of furan rings is 1. The highest BCUT2D eigenvalue weighted by Gasteiger charge is 2.46. The molecule has 9 nitrogen and oxygen atoms in total. The van der Waals surface area contributed by atoms with Gasteiger partial charge in [-0.3, -0.25) is 14.5 Å². The Labute approximate surface area is 208 Å². The number of ether oxygens (including phenoxy) is 1. The van der Waals surface area contributed by atoms with E-state index in [2.05, 4.69) is 10.6 Å². The summed E-state index contributed by atoms with van der Waals surface area (Å²) in [5, 5.41) is 5.80. The standard InChI is InChI=1S/C27H26N4O5/c1-30-21-16-31(24(18-7-4-3-5-8-18)25(32)28-15-20-9-6-14-36-20)26(33)22(21)23(29-27(30)34)17-10-12-19(35-2)13-11-17/h3-14,23-24H,15-16H2,1-2H3,(H,28,32)(H,29,34)/t23-,24-/m0/s1. The van der Waals surface area contributed by atoms with Crippen molar-refractivity contribution in [1.29, 1.82) is 0 Å². The smallest absolute Gasteiger partial charge is 0.322 e. The van der Waals surface area contributed by atoms with Crippen LogP contribution in [0.25, 0.3) is 0 Å².